The van der Waals surface area contributed by atoms with Crippen molar-refractivity contribution in [3.05, 3.63) is 33.9 Å². The highest BCUT2D eigenvalue weighted by Crippen LogP contribution is 2.22. The van der Waals surface area contributed by atoms with Gasteiger partial charge in [0, 0.05) is 23.7 Å². The molecule has 0 heterocycles. The first-order chi connectivity index (χ1) is 8.29. The van der Waals surface area contributed by atoms with Crippen molar-refractivity contribution >= 4 is 5.69 Å². The highest BCUT2D eigenvalue weighted by Gasteiger charge is 2.11. The molecule has 0 aliphatic rings. The van der Waals surface area contributed by atoms with Gasteiger partial charge in [-0.1, -0.05) is 0 Å². The molecular formula is C13H20N2O3. The molecular weight excluding hydrogens is 232 g/mol. The van der Waals surface area contributed by atoms with Crippen molar-refractivity contribution in [3.8, 4) is 5.75 Å². The first-order valence-corrected chi connectivity index (χ1v) is 5.92. The molecule has 0 aromatic heterocycles. The molecule has 0 amide bonds. The lowest BCUT2D eigenvalue weighted by molar-refractivity contribution is -0.385. The predicted molar refractivity (Wildman–Crippen MR) is 71.1 cm³/mol. The van der Waals surface area contributed by atoms with Gasteiger partial charge >= 0.3 is 0 Å². The van der Waals surface area contributed by atoms with Crippen LogP contribution in [-0.2, 0) is 0 Å². The molecule has 0 unspecified atom stereocenters. The van der Waals surface area contributed by atoms with Gasteiger partial charge in [0.05, 0.1) is 4.92 Å². The predicted octanol–water partition coefficient (Wildman–Crippen LogP) is 2.67. The van der Waals surface area contributed by atoms with E-state index in [1.165, 1.54) is 6.07 Å². The SMILES string of the molecule is Cc1cc(OCCNC(C)(C)C)ccc1[N+](=O)[O-]. The molecule has 1 N–H and O–H groups in total. The summed E-state index contributed by atoms with van der Waals surface area (Å²) in [5, 5.41) is 14.0. The number of nitro groups is 1. The minimum Gasteiger partial charge on any atom is -0.492 e. The quantitative estimate of drug-likeness (QED) is 0.497. The second-order valence-corrected chi connectivity index (χ2v) is 5.23. The molecule has 18 heavy (non-hydrogen) atoms. The number of hydrogen-bond donors (Lipinski definition) is 1. The Kier molecular flexibility index (Phi) is 4.67. The summed E-state index contributed by atoms with van der Waals surface area (Å²) in [5.41, 5.74) is 0.797. The fourth-order valence-electron chi connectivity index (χ4n) is 1.52. The second-order valence-electron chi connectivity index (χ2n) is 5.23. The summed E-state index contributed by atoms with van der Waals surface area (Å²) in [6, 6.07) is 4.79. The lowest BCUT2D eigenvalue weighted by Gasteiger charge is -2.20. The van der Waals surface area contributed by atoms with Crippen LogP contribution < -0.4 is 10.1 Å². The highest BCUT2D eigenvalue weighted by molar-refractivity contribution is 5.44. The summed E-state index contributed by atoms with van der Waals surface area (Å²) in [7, 11) is 0. The van der Waals surface area contributed by atoms with Gasteiger partial charge in [0.25, 0.3) is 5.69 Å². The van der Waals surface area contributed by atoms with E-state index < -0.39 is 0 Å². The van der Waals surface area contributed by atoms with Crippen molar-refractivity contribution in [2.45, 2.75) is 33.2 Å². The maximum atomic E-state index is 10.7. The molecule has 1 aromatic carbocycles. The molecule has 5 heteroatoms. The fraction of sp³-hybridized carbons (Fsp3) is 0.538. The third kappa shape index (κ3) is 4.71. The maximum Gasteiger partial charge on any atom is 0.272 e. The van der Waals surface area contributed by atoms with E-state index in [9.17, 15) is 10.1 Å². The summed E-state index contributed by atoms with van der Waals surface area (Å²) >= 11 is 0. The minimum absolute atomic E-state index is 0.0642. The summed E-state index contributed by atoms with van der Waals surface area (Å²) < 4.78 is 5.53. The topological polar surface area (TPSA) is 64.4 Å². The summed E-state index contributed by atoms with van der Waals surface area (Å²) in [6.45, 7) is 9.24. The zero-order valence-electron chi connectivity index (χ0n) is 11.3. The molecule has 100 valence electrons. The van der Waals surface area contributed by atoms with Crippen molar-refractivity contribution in [2.24, 2.45) is 0 Å². The summed E-state index contributed by atoms with van der Waals surface area (Å²) in [6.07, 6.45) is 0. The van der Waals surface area contributed by atoms with Crippen LogP contribution in [-0.4, -0.2) is 23.6 Å². The monoisotopic (exact) mass is 252 g/mol. The average molecular weight is 252 g/mol. The van der Waals surface area contributed by atoms with Gasteiger partial charge in [-0.3, -0.25) is 10.1 Å². The van der Waals surface area contributed by atoms with Crippen LogP contribution in [0.5, 0.6) is 5.75 Å². The minimum atomic E-state index is -0.389. The van der Waals surface area contributed by atoms with Gasteiger partial charge in [0.1, 0.15) is 12.4 Å². The Labute approximate surface area is 107 Å². The largest absolute Gasteiger partial charge is 0.492 e. The van der Waals surface area contributed by atoms with Crippen LogP contribution >= 0.6 is 0 Å². The van der Waals surface area contributed by atoms with Crippen LogP contribution in [0.2, 0.25) is 0 Å². The molecule has 0 bridgehead atoms. The van der Waals surface area contributed by atoms with Crippen molar-refractivity contribution in [1.29, 1.82) is 0 Å². The number of hydrogen-bond acceptors (Lipinski definition) is 4. The molecule has 0 atom stereocenters. The van der Waals surface area contributed by atoms with E-state index >= 15 is 0 Å². The van der Waals surface area contributed by atoms with E-state index in [0.717, 1.165) is 6.54 Å². The Bertz CT molecular complexity index is 425. The number of aryl methyl sites for hydroxylation is 1. The fourth-order valence-corrected chi connectivity index (χ4v) is 1.52. The number of nitro benzene ring substituents is 1. The molecule has 1 rings (SSSR count). The molecule has 0 fully saturated rings. The van der Waals surface area contributed by atoms with Crippen LogP contribution in [0.4, 0.5) is 5.69 Å². The van der Waals surface area contributed by atoms with E-state index in [1.807, 2.05) is 0 Å². The Hall–Kier alpha value is -1.62. The van der Waals surface area contributed by atoms with Crippen molar-refractivity contribution in [3.63, 3.8) is 0 Å². The molecule has 0 spiro atoms. The first-order valence-electron chi connectivity index (χ1n) is 5.92. The van der Waals surface area contributed by atoms with Crippen molar-refractivity contribution < 1.29 is 9.66 Å². The first kappa shape index (κ1) is 14.4. The van der Waals surface area contributed by atoms with Gasteiger partial charge in [-0.05, 0) is 39.8 Å². The zero-order chi connectivity index (χ0) is 13.8. The maximum absolute atomic E-state index is 10.7. The van der Waals surface area contributed by atoms with Crippen molar-refractivity contribution in [2.75, 3.05) is 13.2 Å². The second kappa shape index (κ2) is 5.82. The molecule has 0 radical (unpaired) electrons. The molecule has 5 nitrogen and oxygen atoms in total. The Morgan fingerprint density at radius 2 is 2.06 bits per heavy atom. The van der Waals surface area contributed by atoms with Gasteiger partial charge < -0.3 is 10.1 Å². The van der Waals surface area contributed by atoms with Crippen LogP contribution in [0.25, 0.3) is 0 Å². The van der Waals surface area contributed by atoms with Crippen LogP contribution in [0.3, 0.4) is 0 Å². The zero-order valence-corrected chi connectivity index (χ0v) is 11.3. The standard InChI is InChI=1S/C13H20N2O3/c1-10-9-11(5-6-12(10)15(16)17)18-8-7-14-13(2,3)4/h5-6,9,14H,7-8H2,1-4H3. The third-order valence-corrected chi connectivity index (χ3v) is 2.39. The van der Waals surface area contributed by atoms with Crippen LogP contribution in [0, 0.1) is 17.0 Å². The number of rotatable bonds is 5. The van der Waals surface area contributed by atoms with E-state index in [2.05, 4.69) is 26.1 Å². The van der Waals surface area contributed by atoms with Gasteiger partial charge in [-0.2, -0.15) is 0 Å². The Balaban J connectivity index is 2.49. The Morgan fingerprint density at radius 1 is 1.39 bits per heavy atom. The van der Waals surface area contributed by atoms with Gasteiger partial charge in [-0.15, -0.1) is 0 Å². The van der Waals surface area contributed by atoms with Gasteiger partial charge in [0.15, 0.2) is 0 Å². The molecule has 0 aliphatic carbocycles. The smallest absolute Gasteiger partial charge is 0.272 e. The lowest BCUT2D eigenvalue weighted by atomic mass is 10.1. The highest BCUT2D eigenvalue weighted by atomic mass is 16.6. The third-order valence-electron chi connectivity index (χ3n) is 2.39. The molecule has 0 saturated heterocycles. The van der Waals surface area contributed by atoms with Crippen LogP contribution in [0.15, 0.2) is 18.2 Å². The Morgan fingerprint density at radius 3 is 2.56 bits per heavy atom. The van der Waals surface area contributed by atoms with E-state index in [1.54, 1.807) is 19.1 Å². The van der Waals surface area contributed by atoms with Gasteiger partial charge in [-0.25, -0.2) is 0 Å². The van der Waals surface area contributed by atoms with E-state index in [0.29, 0.717) is 17.9 Å². The van der Waals surface area contributed by atoms with E-state index in [-0.39, 0.29) is 16.1 Å². The van der Waals surface area contributed by atoms with Gasteiger partial charge in [0.2, 0.25) is 0 Å². The number of ether oxygens (including phenoxy) is 1. The summed E-state index contributed by atoms with van der Waals surface area (Å²) in [5.74, 6) is 0.661. The summed E-state index contributed by atoms with van der Waals surface area (Å²) in [4.78, 5) is 10.3. The molecule has 1 aromatic rings. The lowest BCUT2D eigenvalue weighted by Crippen LogP contribution is -2.38. The molecule has 0 saturated carbocycles. The normalized spacial score (nSPS) is 11.3. The molecule has 0 aliphatic heterocycles. The van der Waals surface area contributed by atoms with Crippen molar-refractivity contribution in [1.82, 2.24) is 5.32 Å². The number of benzene rings is 1. The van der Waals surface area contributed by atoms with Crippen LogP contribution in [0.1, 0.15) is 26.3 Å². The average Bonchev–Trinajstić information content (AvgIpc) is 2.22. The number of nitrogens with zero attached hydrogens (tertiary/aromatic N) is 1. The van der Waals surface area contributed by atoms with E-state index in [4.69, 9.17) is 4.74 Å². The number of nitrogens with one attached hydrogen (secondary N) is 1.